The molecule has 1 fully saturated rings. The van der Waals surface area contributed by atoms with Crippen LogP contribution < -0.4 is 10.5 Å². The summed E-state index contributed by atoms with van der Waals surface area (Å²) in [6.45, 7) is 2.64. The predicted octanol–water partition coefficient (Wildman–Crippen LogP) is 1.38. The first kappa shape index (κ1) is 13.3. The molecule has 1 saturated carbocycles. The lowest BCUT2D eigenvalue weighted by molar-refractivity contribution is 0.414. The van der Waals surface area contributed by atoms with Crippen molar-refractivity contribution in [3.8, 4) is 0 Å². The first-order valence-electron chi connectivity index (χ1n) is 6.21. The maximum absolute atomic E-state index is 12.1. The lowest BCUT2D eigenvalue weighted by atomic mass is 9.99. The fraction of sp³-hybridized carbons (Fsp3) is 0.583. The van der Waals surface area contributed by atoms with E-state index in [1.54, 1.807) is 12.1 Å². The summed E-state index contributed by atoms with van der Waals surface area (Å²) >= 11 is 0. The molecule has 2 unspecified atom stereocenters. The summed E-state index contributed by atoms with van der Waals surface area (Å²) in [5, 5.41) is -0.0735. The summed E-state index contributed by atoms with van der Waals surface area (Å²) in [6, 6.07) is 3.16. The minimum absolute atomic E-state index is 0.0735. The van der Waals surface area contributed by atoms with E-state index in [-0.39, 0.29) is 10.7 Å². The molecule has 5 nitrogen and oxygen atoms in total. The molecule has 1 heterocycles. The third-order valence-corrected chi connectivity index (χ3v) is 5.03. The van der Waals surface area contributed by atoms with Crippen molar-refractivity contribution < 1.29 is 8.42 Å². The van der Waals surface area contributed by atoms with E-state index in [1.807, 2.05) is 0 Å². The van der Waals surface area contributed by atoms with Crippen molar-refractivity contribution in [1.82, 2.24) is 9.71 Å². The number of hydrogen-bond donors (Lipinski definition) is 2. The number of sulfonamides is 1. The molecule has 2 rings (SSSR count). The van der Waals surface area contributed by atoms with Crippen LogP contribution in [-0.2, 0) is 10.0 Å². The average Bonchev–Trinajstić information content (AvgIpc) is 2.73. The van der Waals surface area contributed by atoms with Gasteiger partial charge in [0.15, 0.2) is 5.03 Å². The Kier molecular flexibility index (Phi) is 3.87. The Morgan fingerprint density at radius 2 is 2.28 bits per heavy atom. The third-order valence-electron chi connectivity index (χ3n) is 3.63. The van der Waals surface area contributed by atoms with E-state index < -0.39 is 10.0 Å². The largest absolute Gasteiger partial charge is 0.396 e. The summed E-state index contributed by atoms with van der Waals surface area (Å²) in [5.74, 6) is 0.999. The van der Waals surface area contributed by atoms with Gasteiger partial charge >= 0.3 is 0 Å². The van der Waals surface area contributed by atoms with E-state index in [2.05, 4.69) is 16.6 Å². The van der Waals surface area contributed by atoms with Gasteiger partial charge in [-0.05, 0) is 30.4 Å². The Labute approximate surface area is 108 Å². The molecule has 0 spiro atoms. The molecule has 6 heteroatoms. The Morgan fingerprint density at radius 3 is 2.89 bits per heavy atom. The van der Waals surface area contributed by atoms with Crippen LogP contribution in [0, 0.1) is 11.8 Å². The topological polar surface area (TPSA) is 85.1 Å². The minimum Gasteiger partial charge on any atom is -0.396 e. The van der Waals surface area contributed by atoms with Crippen LogP contribution in [-0.4, -0.2) is 19.9 Å². The molecule has 2 atom stereocenters. The number of aromatic nitrogens is 1. The first-order chi connectivity index (χ1) is 8.50. The summed E-state index contributed by atoms with van der Waals surface area (Å²) in [7, 11) is -3.59. The van der Waals surface area contributed by atoms with Crippen molar-refractivity contribution in [2.45, 2.75) is 31.2 Å². The van der Waals surface area contributed by atoms with Gasteiger partial charge in [0, 0.05) is 12.7 Å². The normalized spacial score (nSPS) is 24.3. The van der Waals surface area contributed by atoms with Gasteiger partial charge in [0.1, 0.15) is 0 Å². The molecule has 18 heavy (non-hydrogen) atoms. The number of anilines is 1. The predicted molar refractivity (Wildman–Crippen MR) is 70.3 cm³/mol. The number of nitrogens with zero attached hydrogens (tertiary/aromatic N) is 1. The Bertz CT molecular complexity index is 516. The number of nitrogen functional groups attached to an aromatic ring is 1. The van der Waals surface area contributed by atoms with Crippen LogP contribution in [0.1, 0.15) is 26.2 Å². The summed E-state index contributed by atoms with van der Waals surface area (Å²) in [6.07, 6.45) is 4.88. The van der Waals surface area contributed by atoms with Gasteiger partial charge < -0.3 is 5.73 Å². The number of nitrogens with one attached hydrogen (secondary N) is 1. The van der Waals surface area contributed by atoms with Crippen molar-refractivity contribution in [2.75, 3.05) is 12.3 Å². The van der Waals surface area contributed by atoms with Gasteiger partial charge in [0.2, 0.25) is 0 Å². The van der Waals surface area contributed by atoms with E-state index >= 15 is 0 Å². The maximum Gasteiger partial charge on any atom is 0.260 e. The molecule has 1 aromatic rings. The molecular formula is C12H19N3O2S. The lowest BCUT2D eigenvalue weighted by Crippen LogP contribution is -2.31. The van der Waals surface area contributed by atoms with Crippen LogP contribution in [0.15, 0.2) is 23.4 Å². The Morgan fingerprint density at radius 1 is 1.50 bits per heavy atom. The van der Waals surface area contributed by atoms with Gasteiger partial charge in [-0.2, -0.15) is 0 Å². The van der Waals surface area contributed by atoms with E-state index in [1.165, 1.54) is 19.0 Å². The number of pyridine rings is 1. The molecule has 0 radical (unpaired) electrons. The summed E-state index contributed by atoms with van der Waals surface area (Å²) < 4.78 is 26.7. The second kappa shape index (κ2) is 5.24. The monoisotopic (exact) mass is 269 g/mol. The third kappa shape index (κ3) is 2.81. The van der Waals surface area contributed by atoms with Crippen LogP contribution in [0.25, 0.3) is 0 Å². The zero-order valence-corrected chi connectivity index (χ0v) is 11.3. The molecule has 1 aromatic heterocycles. The van der Waals surface area contributed by atoms with E-state index in [9.17, 15) is 8.42 Å². The van der Waals surface area contributed by atoms with Gasteiger partial charge in [-0.1, -0.05) is 19.8 Å². The fourth-order valence-electron chi connectivity index (χ4n) is 2.44. The van der Waals surface area contributed by atoms with Gasteiger partial charge in [0.05, 0.1) is 5.69 Å². The second-order valence-electron chi connectivity index (χ2n) is 4.92. The van der Waals surface area contributed by atoms with Crippen LogP contribution in [0.3, 0.4) is 0 Å². The highest BCUT2D eigenvalue weighted by atomic mass is 32.2. The lowest BCUT2D eigenvalue weighted by Gasteiger charge is -2.16. The summed E-state index contributed by atoms with van der Waals surface area (Å²) in [5.41, 5.74) is 5.82. The highest BCUT2D eigenvalue weighted by molar-refractivity contribution is 7.89. The molecule has 0 saturated heterocycles. The highest BCUT2D eigenvalue weighted by Gasteiger charge is 2.26. The van der Waals surface area contributed by atoms with Crippen LogP contribution >= 0.6 is 0 Å². The van der Waals surface area contributed by atoms with Gasteiger partial charge in [-0.3, -0.25) is 0 Å². The van der Waals surface area contributed by atoms with Crippen molar-refractivity contribution in [3.05, 3.63) is 18.3 Å². The van der Waals surface area contributed by atoms with Crippen molar-refractivity contribution in [1.29, 1.82) is 0 Å². The molecule has 1 aliphatic carbocycles. The number of hydrogen-bond acceptors (Lipinski definition) is 4. The smallest absolute Gasteiger partial charge is 0.260 e. The number of nitrogens with two attached hydrogens (primary N) is 1. The number of rotatable bonds is 4. The van der Waals surface area contributed by atoms with E-state index in [0.29, 0.717) is 18.4 Å². The Balaban J connectivity index is 2.06. The van der Waals surface area contributed by atoms with E-state index in [4.69, 9.17) is 5.73 Å². The first-order valence-corrected chi connectivity index (χ1v) is 7.69. The molecule has 0 bridgehead atoms. The summed E-state index contributed by atoms with van der Waals surface area (Å²) in [4.78, 5) is 3.84. The molecular weight excluding hydrogens is 250 g/mol. The molecule has 0 aliphatic heterocycles. The zero-order valence-electron chi connectivity index (χ0n) is 10.5. The highest BCUT2D eigenvalue weighted by Crippen LogP contribution is 2.30. The standard InChI is InChI=1S/C12H19N3O2S/c1-9-4-2-5-10(9)8-15-18(16,17)12-11(13)6-3-7-14-12/h3,6-7,9-10,15H,2,4-5,8,13H2,1H3. The molecule has 1 aliphatic rings. The maximum atomic E-state index is 12.1. The van der Waals surface area contributed by atoms with Crippen LogP contribution in [0.2, 0.25) is 0 Å². The average molecular weight is 269 g/mol. The fourth-order valence-corrected chi connectivity index (χ4v) is 3.59. The van der Waals surface area contributed by atoms with Gasteiger partial charge in [0.25, 0.3) is 10.0 Å². The van der Waals surface area contributed by atoms with Crippen molar-refractivity contribution >= 4 is 15.7 Å². The Hall–Kier alpha value is -1.14. The van der Waals surface area contributed by atoms with E-state index in [0.717, 1.165) is 6.42 Å². The second-order valence-corrected chi connectivity index (χ2v) is 6.60. The minimum atomic E-state index is -3.59. The van der Waals surface area contributed by atoms with Crippen LogP contribution in [0.5, 0.6) is 0 Å². The van der Waals surface area contributed by atoms with Crippen molar-refractivity contribution in [2.24, 2.45) is 11.8 Å². The zero-order chi connectivity index (χ0) is 13.2. The van der Waals surface area contributed by atoms with Crippen LogP contribution in [0.4, 0.5) is 5.69 Å². The van der Waals surface area contributed by atoms with Gasteiger partial charge in [-0.25, -0.2) is 18.1 Å². The molecule has 0 aromatic carbocycles. The molecule has 3 N–H and O–H groups in total. The SMILES string of the molecule is CC1CCCC1CNS(=O)(=O)c1ncccc1N. The quantitative estimate of drug-likeness (QED) is 0.864. The molecule has 0 amide bonds. The van der Waals surface area contributed by atoms with Crippen molar-refractivity contribution in [3.63, 3.8) is 0 Å². The molecule has 100 valence electrons. The van der Waals surface area contributed by atoms with Gasteiger partial charge in [-0.15, -0.1) is 0 Å².